The lowest BCUT2D eigenvalue weighted by Crippen LogP contribution is -2.44. The van der Waals surface area contributed by atoms with Gasteiger partial charge in [-0.25, -0.2) is 0 Å². The Kier molecular flexibility index (Phi) is 3.70. The number of rotatable bonds is 4. The van der Waals surface area contributed by atoms with Gasteiger partial charge in [0.1, 0.15) is 6.04 Å². The number of likely N-dealkylation sites (tertiary alicyclic amines) is 1. The molecule has 2 aliphatic carbocycles. The molecule has 2 amide bonds. The van der Waals surface area contributed by atoms with Gasteiger partial charge in [0.2, 0.25) is 5.91 Å². The highest BCUT2D eigenvalue weighted by Crippen LogP contribution is 2.48. The van der Waals surface area contributed by atoms with Crippen LogP contribution >= 0.6 is 0 Å². The Hall–Kier alpha value is -2.94. The maximum Gasteiger partial charge on any atom is 0.252 e. The molecule has 1 aromatic heterocycles. The summed E-state index contributed by atoms with van der Waals surface area (Å²) in [7, 11) is 0. The summed E-state index contributed by atoms with van der Waals surface area (Å²) in [6.07, 6.45) is 5.75. The van der Waals surface area contributed by atoms with Crippen LogP contribution in [0.2, 0.25) is 0 Å². The van der Waals surface area contributed by atoms with Crippen LogP contribution < -0.4 is 5.32 Å². The van der Waals surface area contributed by atoms with Gasteiger partial charge in [-0.3, -0.25) is 14.6 Å². The fourth-order valence-electron chi connectivity index (χ4n) is 4.47. The van der Waals surface area contributed by atoms with Crippen molar-refractivity contribution >= 4 is 22.7 Å². The lowest BCUT2D eigenvalue weighted by molar-refractivity contribution is -0.131. The molecular formula is C22H22N4O2. The normalized spacial score (nSPS) is 26.4. The summed E-state index contributed by atoms with van der Waals surface area (Å²) in [5, 5.41) is 12.8. The summed E-state index contributed by atoms with van der Waals surface area (Å²) in [6.45, 7) is 2.16. The van der Waals surface area contributed by atoms with Gasteiger partial charge in [-0.15, -0.1) is 0 Å². The average molecular weight is 374 g/mol. The first-order valence-electron chi connectivity index (χ1n) is 9.88. The van der Waals surface area contributed by atoms with E-state index in [1.165, 1.54) is 18.4 Å². The molecule has 6 heteroatoms. The minimum Gasteiger partial charge on any atom is -0.343 e. The second-order valence-electron chi connectivity index (χ2n) is 8.58. The second-order valence-corrected chi connectivity index (χ2v) is 8.58. The van der Waals surface area contributed by atoms with E-state index in [2.05, 4.69) is 35.4 Å². The molecule has 142 valence electrons. The number of nitriles is 1. The third-order valence-electron chi connectivity index (χ3n) is 6.63. The van der Waals surface area contributed by atoms with E-state index >= 15 is 0 Å². The van der Waals surface area contributed by atoms with Crippen molar-refractivity contribution in [2.75, 3.05) is 6.54 Å². The van der Waals surface area contributed by atoms with E-state index in [1.807, 2.05) is 6.07 Å². The van der Waals surface area contributed by atoms with Crippen molar-refractivity contribution in [3.05, 3.63) is 41.6 Å². The van der Waals surface area contributed by atoms with Gasteiger partial charge in [0.15, 0.2) is 0 Å². The summed E-state index contributed by atoms with van der Waals surface area (Å²) in [5.74, 6) is 0.00866. The summed E-state index contributed by atoms with van der Waals surface area (Å²) >= 11 is 0. The topological polar surface area (TPSA) is 86.1 Å². The predicted molar refractivity (Wildman–Crippen MR) is 103 cm³/mol. The van der Waals surface area contributed by atoms with E-state index in [-0.39, 0.29) is 35.9 Å². The maximum atomic E-state index is 12.7. The number of hydrogen-bond acceptors (Lipinski definition) is 4. The van der Waals surface area contributed by atoms with Crippen LogP contribution in [-0.4, -0.2) is 40.3 Å². The quantitative estimate of drug-likeness (QED) is 0.891. The molecular weight excluding hydrogens is 352 g/mol. The zero-order chi connectivity index (χ0) is 19.5. The first-order chi connectivity index (χ1) is 13.5. The number of aromatic nitrogens is 1. The number of nitrogens with zero attached hydrogens (tertiary/aromatic N) is 3. The van der Waals surface area contributed by atoms with E-state index in [4.69, 9.17) is 0 Å². The molecule has 2 aromatic rings. The monoisotopic (exact) mass is 374 g/mol. The largest absolute Gasteiger partial charge is 0.343 e. The van der Waals surface area contributed by atoms with E-state index in [0.717, 1.165) is 23.7 Å². The summed E-state index contributed by atoms with van der Waals surface area (Å²) < 4.78 is 0. The molecule has 1 saturated heterocycles. The summed E-state index contributed by atoms with van der Waals surface area (Å²) in [4.78, 5) is 31.4. The smallest absolute Gasteiger partial charge is 0.252 e. The zero-order valence-electron chi connectivity index (χ0n) is 15.8. The Balaban J connectivity index is 1.32. The van der Waals surface area contributed by atoms with Gasteiger partial charge in [-0.05, 0) is 54.7 Å². The van der Waals surface area contributed by atoms with Crippen molar-refractivity contribution in [2.24, 2.45) is 5.92 Å². The first kappa shape index (κ1) is 17.2. The van der Waals surface area contributed by atoms with Crippen molar-refractivity contribution in [3.8, 4) is 6.07 Å². The molecule has 0 radical (unpaired) electrons. The molecule has 3 aliphatic rings. The van der Waals surface area contributed by atoms with Crippen LogP contribution in [0.3, 0.4) is 0 Å². The number of carbonyl (C=O) groups is 2. The van der Waals surface area contributed by atoms with Gasteiger partial charge >= 0.3 is 0 Å². The second kappa shape index (κ2) is 6.03. The fraction of sp³-hybridized carbons (Fsp3) is 0.455. The SMILES string of the molecule is CC1(c2ccc3c(C(=O)NCC(=O)N4[C@H](C#N)C[C@@H]5C[C@@H]54)ccnc3c2)CC1. The molecule has 1 aliphatic heterocycles. The number of hydrogen-bond donors (Lipinski definition) is 1. The standard InChI is InChI=1S/C22H22N4O2/c1-22(5-6-22)14-2-3-16-17(4-7-24-18(16)10-14)21(28)25-12-20(27)26-15(11-23)8-13-9-19(13)26/h2-4,7,10,13,15,19H,5-6,8-9,12H2,1H3,(H,25,28)/t13-,15+,19+/m1/s1. The highest BCUT2D eigenvalue weighted by Gasteiger charge is 2.53. The van der Waals surface area contributed by atoms with Gasteiger partial charge in [-0.1, -0.05) is 19.1 Å². The molecule has 2 saturated carbocycles. The Bertz CT molecular complexity index is 1040. The number of amides is 2. The number of piperidine rings is 1. The van der Waals surface area contributed by atoms with Crippen LogP contribution in [0.5, 0.6) is 0 Å². The number of pyridine rings is 1. The lowest BCUT2D eigenvalue weighted by Gasteiger charge is -2.22. The fourth-order valence-corrected chi connectivity index (χ4v) is 4.47. The van der Waals surface area contributed by atoms with E-state index < -0.39 is 0 Å². The molecule has 2 heterocycles. The van der Waals surface area contributed by atoms with Crippen molar-refractivity contribution in [2.45, 2.75) is 50.1 Å². The van der Waals surface area contributed by atoms with Gasteiger partial charge in [0.05, 0.1) is 23.7 Å². The van der Waals surface area contributed by atoms with Crippen LogP contribution in [0.25, 0.3) is 10.9 Å². The number of benzene rings is 1. The number of nitrogens with one attached hydrogen (secondary N) is 1. The van der Waals surface area contributed by atoms with Crippen molar-refractivity contribution in [1.82, 2.24) is 15.2 Å². The maximum absolute atomic E-state index is 12.7. The number of carbonyl (C=O) groups excluding carboxylic acids is 2. The molecule has 3 fully saturated rings. The lowest BCUT2D eigenvalue weighted by atomic mass is 9.96. The summed E-state index contributed by atoms with van der Waals surface area (Å²) in [6, 6.07) is 9.84. The molecule has 6 nitrogen and oxygen atoms in total. The van der Waals surface area contributed by atoms with Crippen LogP contribution in [0.15, 0.2) is 30.5 Å². The molecule has 1 aromatic carbocycles. The third kappa shape index (κ3) is 2.73. The van der Waals surface area contributed by atoms with E-state index in [0.29, 0.717) is 11.5 Å². The van der Waals surface area contributed by atoms with Crippen molar-refractivity contribution < 1.29 is 9.59 Å². The molecule has 0 spiro atoms. The number of fused-ring (bicyclic) bond motifs is 2. The Morgan fingerprint density at radius 2 is 2.14 bits per heavy atom. The predicted octanol–water partition coefficient (Wildman–Crippen LogP) is 2.53. The molecule has 0 bridgehead atoms. The highest BCUT2D eigenvalue weighted by molar-refractivity contribution is 6.07. The molecule has 5 rings (SSSR count). The Morgan fingerprint density at radius 1 is 1.32 bits per heavy atom. The van der Waals surface area contributed by atoms with E-state index in [9.17, 15) is 14.9 Å². The zero-order valence-corrected chi connectivity index (χ0v) is 15.8. The van der Waals surface area contributed by atoms with Crippen LogP contribution in [-0.2, 0) is 10.2 Å². The van der Waals surface area contributed by atoms with Gasteiger partial charge < -0.3 is 10.2 Å². The third-order valence-corrected chi connectivity index (χ3v) is 6.63. The Labute approximate surface area is 163 Å². The molecule has 28 heavy (non-hydrogen) atoms. The average Bonchev–Trinajstić information content (AvgIpc) is 3.62. The summed E-state index contributed by atoms with van der Waals surface area (Å²) in [5.41, 5.74) is 2.83. The van der Waals surface area contributed by atoms with E-state index in [1.54, 1.807) is 17.2 Å². The minimum atomic E-state index is -0.350. The highest BCUT2D eigenvalue weighted by atomic mass is 16.2. The van der Waals surface area contributed by atoms with Crippen LogP contribution in [0.1, 0.15) is 48.5 Å². The molecule has 1 N–H and O–H groups in total. The first-order valence-corrected chi connectivity index (χ1v) is 9.88. The van der Waals surface area contributed by atoms with Crippen LogP contribution in [0, 0.1) is 17.2 Å². The van der Waals surface area contributed by atoms with Gasteiger partial charge in [-0.2, -0.15) is 5.26 Å². The van der Waals surface area contributed by atoms with Crippen molar-refractivity contribution in [1.29, 1.82) is 5.26 Å². The minimum absolute atomic E-state index is 0.0831. The molecule has 0 unspecified atom stereocenters. The van der Waals surface area contributed by atoms with Gasteiger partial charge in [0.25, 0.3) is 5.91 Å². The van der Waals surface area contributed by atoms with Crippen molar-refractivity contribution in [3.63, 3.8) is 0 Å². The molecule has 3 atom stereocenters. The Morgan fingerprint density at radius 3 is 2.89 bits per heavy atom. The van der Waals surface area contributed by atoms with Crippen LogP contribution in [0.4, 0.5) is 0 Å². The van der Waals surface area contributed by atoms with Gasteiger partial charge in [0, 0.05) is 17.6 Å².